The van der Waals surface area contributed by atoms with Gasteiger partial charge >= 0.3 is 5.97 Å². The van der Waals surface area contributed by atoms with Crippen LogP contribution in [0.15, 0.2) is 41.3 Å². The average molecular weight is 541 g/mol. The zero-order valence-corrected chi connectivity index (χ0v) is 24.1. The van der Waals surface area contributed by atoms with Crippen LogP contribution in [0.25, 0.3) is 0 Å². The number of allylic oxidation sites excluding steroid dienone is 1. The van der Waals surface area contributed by atoms with E-state index in [1.54, 1.807) is 19.2 Å². The van der Waals surface area contributed by atoms with Crippen molar-refractivity contribution >= 4 is 22.0 Å². The summed E-state index contributed by atoms with van der Waals surface area (Å²) in [4.78, 5) is 24.2. The van der Waals surface area contributed by atoms with Crippen molar-refractivity contribution in [3.63, 3.8) is 0 Å². The van der Waals surface area contributed by atoms with Gasteiger partial charge in [0.05, 0.1) is 22.6 Å². The highest BCUT2D eigenvalue weighted by Gasteiger charge is 2.47. The molecule has 1 amide bonds. The third-order valence-corrected chi connectivity index (χ3v) is 7.21. The van der Waals surface area contributed by atoms with Gasteiger partial charge in [-0.15, -0.1) is 0 Å². The van der Waals surface area contributed by atoms with E-state index < -0.39 is 15.7 Å². The van der Waals surface area contributed by atoms with Crippen LogP contribution < -0.4 is 10.6 Å². The summed E-state index contributed by atoms with van der Waals surface area (Å²) in [5, 5.41) is 6.49. The van der Waals surface area contributed by atoms with Crippen LogP contribution in [0.4, 0.5) is 0 Å². The Bertz CT molecular complexity index is 1010. The SMILES string of the molecule is C/C=C\[C@@H]1C[C@H](C(=O)OC(C)C)N[C@H]1[C@@H](NC(C)=O)[C@](C)(CCC)OC.Cc1ccc(S(=O)(=O)O)cc1. The molecule has 5 atom stereocenters. The number of carbonyl (C=O) groups excluding carboxylic acids is 2. The molecule has 1 aromatic carbocycles. The fourth-order valence-electron chi connectivity index (χ4n) is 4.54. The summed E-state index contributed by atoms with van der Waals surface area (Å²) in [6.07, 6.45) is 6.31. The summed E-state index contributed by atoms with van der Waals surface area (Å²) < 4.78 is 40.8. The summed E-state index contributed by atoms with van der Waals surface area (Å²) in [5.74, 6) is -0.246. The first-order valence-electron chi connectivity index (χ1n) is 12.6. The summed E-state index contributed by atoms with van der Waals surface area (Å²) in [6, 6.07) is 5.23. The van der Waals surface area contributed by atoms with E-state index in [9.17, 15) is 18.0 Å². The lowest BCUT2D eigenvalue weighted by atomic mass is 9.81. The molecule has 0 saturated carbocycles. The van der Waals surface area contributed by atoms with Crippen molar-refractivity contribution in [2.24, 2.45) is 5.92 Å². The Morgan fingerprint density at radius 3 is 2.30 bits per heavy atom. The molecule has 1 saturated heterocycles. The number of hydrogen-bond acceptors (Lipinski definition) is 7. The molecule has 10 heteroatoms. The molecule has 2 rings (SSSR count). The molecule has 1 heterocycles. The molecule has 0 radical (unpaired) electrons. The van der Waals surface area contributed by atoms with Gasteiger partial charge in [-0.3, -0.25) is 19.5 Å². The summed E-state index contributed by atoms with van der Waals surface area (Å²) >= 11 is 0. The van der Waals surface area contributed by atoms with Crippen LogP contribution in [-0.4, -0.2) is 61.8 Å². The largest absolute Gasteiger partial charge is 0.462 e. The summed E-state index contributed by atoms with van der Waals surface area (Å²) in [6.45, 7) is 13.1. The van der Waals surface area contributed by atoms with Gasteiger partial charge in [0, 0.05) is 20.1 Å². The second kappa shape index (κ2) is 14.6. The van der Waals surface area contributed by atoms with E-state index in [1.165, 1.54) is 19.1 Å². The number of methoxy groups -OCH3 is 1. The first-order valence-corrected chi connectivity index (χ1v) is 14.1. The Morgan fingerprint density at radius 2 is 1.86 bits per heavy atom. The normalized spacial score (nSPS) is 22.2. The molecule has 0 aromatic heterocycles. The number of nitrogens with one attached hydrogen (secondary N) is 2. The molecular formula is C27H44N2O7S. The minimum absolute atomic E-state index is 0.0666. The van der Waals surface area contributed by atoms with Crippen molar-refractivity contribution < 1.29 is 32.0 Å². The number of rotatable bonds is 10. The van der Waals surface area contributed by atoms with Crippen molar-refractivity contribution in [1.82, 2.24) is 10.6 Å². The number of benzene rings is 1. The predicted molar refractivity (Wildman–Crippen MR) is 144 cm³/mol. The second-order valence-corrected chi connectivity index (χ2v) is 11.3. The fourth-order valence-corrected chi connectivity index (χ4v) is 5.02. The molecule has 1 aliphatic heterocycles. The van der Waals surface area contributed by atoms with Crippen LogP contribution in [0.5, 0.6) is 0 Å². The first kappa shape index (κ1) is 32.8. The molecule has 1 aromatic rings. The standard InChI is InChI=1S/C20H36N2O4.C7H8O3S/c1-8-10-15-12-16(19(24)26-13(3)4)22-17(15)18(21-14(5)23)20(6,25-7)11-9-2;1-6-2-4-7(5-3-6)11(8,9)10/h8,10,13,15-18,22H,9,11-12H2,1-7H3,(H,21,23);2-5H,1H3,(H,8,9,10)/b10-8-;/t15-,16-,17-,18-,20+;/m1./s1. The van der Waals surface area contributed by atoms with Gasteiger partial charge in [-0.1, -0.05) is 43.2 Å². The van der Waals surface area contributed by atoms with E-state index in [4.69, 9.17) is 14.0 Å². The minimum atomic E-state index is -4.02. The smallest absolute Gasteiger partial charge is 0.323 e. The van der Waals surface area contributed by atoms with E-state index in [1.807, 2.05) is 40.7 Å². The highest BCUT2D eigenvalue weighted by Crippen LogP contribution is 2.33. The van der Waals surface area contributed by atoms with E-state index >= 15 is 0 Å². The van der Waals surface area contributed by atoms with Crippen LogP contribution >= 0.6 is 0 Å². The van der Waals surface area contributed by atoms with Crippen LogP contribution in [-0.2, 0) is 29.2 Å². The minimum Gasteiger partial charge on any atom is -0.462 e. The second-order valence-electron chi connectivity index (χ2n) is 9.89. The lowest BCUT2D eigenvalue weighted by Crippen LogP contribution is -2.62. The Kier molecular flexibility index (Phi) is 12.9. The number of esters is 1. The molecule has 3 N–H and O–H groups in total. The summed E-state index contributed by atoms with van der Waals surface area (Å²) in [7, 11) is -2.34. The van der Waals surface area contributed by atoms with Gasteiger partial charge in [0.25, 0.3) is 10.1 Å². The zero-order chi connectivity index (χ0) is 28.4. The average Bonchev–Trinajstić information content (AvgIpc) is 3.21. The van der Waals surface area contributed by atoms with Crippen LogP contribution in [0.3, 0.4) is 0 Å². The Morgan fingerprint density at radius 1 is 1.27 bits per heavy atom. The predicted octanol–water partition coefficient (Wildman–Crippen LogP) is 3.81. The number of hydrogen-bond donors (Lipinski definition) is 3. The monoisotopic (exact) mass is 540 g/mol. The maximum Gasteiger partial charge on any atom is 0.323 e. The number of amides is 1. The van der Waals surface area contributed by atoms with Crippen molar-refractivity contribution in [2.45, 2.75) is 102 Å². The molecule has 210 valence electrons. The first-order chi connectivity index (χ1) is 17.2. The van der Waals surface area contributed by atoms with Gasteiger partial charge in [-0.25, -0.2) is 0 Å². The molecule has 0 spiro atoms. The molecule has 37 heavy (non-hydrogen) atoms. The molecule has 9 nitrogen and oxygen atoms in total. The molecule has 1 aliphatic rings. The molecular weight excluding hydrogens is 496 g/mol. The molecule has 0 unspecified atom stereocenters. The van der Waals surface area contributed by atoms with Gasteiger partial charge in [0.15, 0.2) is 0 Å². The molecule has 0 aliphatic carbocycles. The topological polar surface area (TPSA) is 131 Å². The maximum absolute atomic E-state index is 12.4. The van der Waals surface area contributed by atoms with E-state index in [-0.39, 0.29) is 46.9 Å². The van der Waals surface area contributed by atoms with Crippen LogP contribution in [0.2, 0.25) is 0 Å². The third kappa shape index (κ3) is 10.2. The van der Waals surface area contributed by atoms with Crippen LogP contribution in [0.1, 0.15) is 66.4 Å². The van der Waals surface area contributed by atoms with Crippen LogP contribution in [0, 0.1) is 12.8 Å². The number of carbonyl (C=O) groups is 2. The van der Waals surface area contributed by atoms with Gasteiger partial charge in [-0.2, -0.15) is 8.42 Å². The van der Waals surface area contributed by atoms with Crippen molar-refractivity contribution in [3.05, 3.63) is 42.0 Å². The van der Waals surface area contributed by atoms with Gasteiger partial charge < -0.3 is 14.8 Å². The van der Waals surface area contributed by atoms with E-state index in [2.05, 4.69) is 23.6 Å². The van der Waals surface area contributed by atoms with E-state index in [0.29, 0.717) is 6.42 Å². The zero-order valence-electron chi connectivity index (χ0n) is 23.3. The van der Waals surface area contributed by atoms with Gasteiger partial charge in [-0.05, 0) is 65.5 Å². The van der Waals surface area contributed by atoms with Gasteiger partial charge in [0.1, 0.15) is 6.04 Å². The number of ether oxygens (including phenoxy) is 2. The number of aryl methyl sites for hydroxylation is 1. The van der Waals surface area contributed by atoms with Crippen molar-refractivity contribution in [3.8, 4) is 0 Å². The lowest BCUT2D eigenvalue weighted by Gasteiger charge is -2.41. The highest BCUT2D eigenvalue weighted by atomic mass is 32.2. The third-order valence-electron chi connectivity index (χ3n) is 6.35. The Hall–Kier alpha value is -2.27. The Balaban J connectivity index is 0.000000516. The van der Waals surface area contributed by atoms with E-state index in [0.717, 1.165) is 18.4 Å². The lowest BCUT2D eigenvalue weighted by molar-refractivity contribution is -0.149. The summed E-state index contributed by atoms with van der Waals surface area (Å²) in [5.41, 5.74) is 0.423. The molecule has 0 bridgehead atoms. The van der Waals surface area contributed by atoms with Crippen molar-refractivity contribution in [2.75, 3.05) is 7.11 Å². The maximum atomic E-state index is 12.4. The van der Waals surface area contributed by atoms with Crippen molar-refractivity contribution in [1.29, 1.82) is 0 Å². The Labute approximate surface area is 222 Å². The highest BCUT2D eigenvalue weighted by molar-refractivity contribution is 7.85. The fraction of sp³-hybridized carbons (Fsp3) is 0.630. The quantitative estimate of drug-likeness (QED) is 0.232. The molecule has 1 fully saturated rings. The van der Waals surface area contributed by atoms with Gasteiger partial charge in [0.2, 0.25) is 5.91 Å².